The van der Waals surface area contributed by atoms with Crippen LogP contribution in [0, 0.1) is 0 Å². The fraction of sp³-hybridized carbons (Fsp3) is 0.125. The largest absolute Gasteiger partial charge is 0.454 e. The van der Waals surface area contributed by atoms with Gasteiger partial charge in [-0.25, -0.2) is 0 Å². The van der Waals surface area contributed by atoms with E-state index in [1.807, 2.05) is 60.7 Å². The summed E-state index contributed by atoms with van der Waals surface area (Å²) < 4.78 is 11.1. The number of carbonyl (C=O) groups is 1. The van der Waals surface area contributed by atoms with E-state index in [4.69, 9.17) is 9.47 Å². The number of carbonyl (C=O) groups excluding carboxylic acids is 1. The van der Waals surface area contributed by atoms with Crippen LogP contribution in [0.25, 0.3) is 10.9 Å². The first-order valence-corrected chi connectivity index (χ1v) is 9.69. The molecule has 0 saturated carbocycles. The first-order chi connectivity index (χ1) is 14.8. The van der Waals surface area contributed by atoms with Gasteiger partial charge in [-0.05, 0) is 29.8 Å². The lowest BCUT2D eigenvalue weighted by Gasteiger charge is -2.24. The Hall–Kier alpha value is -3.93. The molecule has 1 aliphatic heterocycles. The Morgan fingerprint density at radius 3 is 2.70 bits per heavy atom. The summed E-state index contributed by atoms with van der Waals surface area (Å²) in [4.78, 5) is 24.1. The molecule has 3 heterocycles. The highest BCUT2D eigenvalue weighted by Gasteiger charge is 2.24. The van der Waals surface area contributed by atoms with Gasteiger partial charge in [0.25, 0.3) is 5.91 Å². The van der Waals surface area contributed by atoms with Crippen LogP contribution in [0.5, 0.6) is 11.5 Å². The fourth-order valence-corrected chi connectivity index (χ4v) is 3.68. The average molecular weight is 397 g/mol. The minimum Gasteiger partial charge on any atom is -0.454 e. The molecule has 2 aromatic heterocycles. The maximum absolute atomic E-state index is 13.7. The molecule has 0 atom stereocenters. The number of pyridine rings is 2. The van der Waals surface area contributed by atoms with E-state index in [1.54, 1.807) is 23.5 Å². The number of amides is 1. The van der Waals surface area contributed by atoms with E-state index >= 15 is 0 Å². The molecule has 0 bridgehead atoms. The highest BCUT2D eigenvalue weighted by atomic mass is 16.7. The van der Waals surface area contributed by atoms with E-state index in [0.717, 1.165) is 16.5 Å². The van der Waals surface area contributed by atoms with E-state index in [0.29, 0.717) is 35.7 Å². The molecular formula is C24H19N3O3. The Bertz CT molecular complexity index is 1210. The van der Waals surface area contributed by atoms with E-state index < -0.39 is 0 Å². The topological polar surface area (TPSA) is 64.6 Å². The van der Waals surface area contributed by atoms with Crippen molar-refractivity contribution in [3.8, 4) is 11.5 Å². The van der Waals surface area contributed by atoms with Gasteiger partial charge in [0.15, 0.2) is 11.5 Å². The van der Waals surface area contributed by atoms with Crippen LogP contribution in [0.4, 0.5) is 0 Å². The monoisotopic (exact) mass is 397 g/mol. The molecule has 0 aliphatic carbocycles. The summed E-state index contributed by atoms with van der Waals surface area (Å²) in [5.74, 6) is 1.30. The number of para-hydroxylation sites is 2. The minimum absolute atomic E-state index is 0.0975. The standard InChI is InChI=1S/C24H19N3O3/c28-24(20-9-1-6-18-8-4-12-26-22(18)20)27(14-17-5-3-11-25-13-17)15-19-7-2-10-21-23(19)30-16-29-21/h1-13H,14-16H2. The van der Waals surface area contributed by atoms with Crippen LogP contribution in [0.15, 0.2) is 79.3 Å². The maximum Gasteiger partial charge on any atom is 0.256 e. The van der Waals surface area contributed by atoms with Crippen LogP contribution in [-0.4, -0.2) is 27.6 Å². The van der Waals surface area contributed by atoms with Crippen molar-refractivity contribution in [3.63, 3.8) is 0 Å². The third-order valence-corrected chi connectivity index (χ3v) is 5.09. The van der Waals surface area contributed by atoms with E-state index in [2.05, 4.69) is 9.97 Å². The summed E-state index contributed by atoms with van der Waals surface area (Å²) >= 11 is 0. The number of ether oxygens (including phenoxy) is 2. The van der Waals surface area contributed by atoms with Gasteiger partial charge in [0.2, 0.25) is 6.79 Å². The fourth-order valence-electron chi connectivity index (χ4n) is 3.68. The Balaban J connectivity index is 1.54. The number of benzene rings is 2. The summed E-state index contributed by atoms with van der Waals surface area (Å²) in [5.41, 5.74) is 3.11. The smallest absolute Gasteiger partial charge is 0.256 e. The van der Waals surface area contributed by atoms with Crippen LogP contribution in [0.3, 0.4) is 0 Å². The molecule has 1 aliphatic rings. The number of hydrogen-bond acceptors (Lipinski definition) is 5. The molecule has 0 fully saturated rings. The third kappa shape index (κ3) is 3.43. The van der Waals surface area contributed by atoms with Crippen molar-refractivity contribution in [2.75, 3.05) is 6.79 Å². The van der Waals surface area contributed by atoms with Gasteiger partial charge in [0.1, 0.15) is 0 Å². The lowest BCUT2D eigenvalue weighted by molar-refractivity contribution is 0.0730. The van der Waals surface area contributed by atoms with Crippen LogP contribution in [0.2, 0.25) is 0 Å². The van der Waals surface area contributed by atoms with E-state index in [9.17, 15) is 4.79 Å². The van der Waals surface area contributed by atoms with Crippen molar-refractivity contribution in [2.24, 2.45) is 0 Å². The van der Waals surface area contributed by atoms with Crippen molar-refractivity contribution in [1.82, 2.24) is 14.9 Å². The second kappa shape index (κ2) is 7.83. The zero-order chi connectivity index (χ0) is 20.3. The molecule has 0 unspecified atom stereocenters. The zero-order valence-corrected chi connectivity index (χ0v) is 16.2. The van der Waals surface area contributed by atoms with Crippen molar-refractivity contribution in [3.05, 3.63) is 95.9 Å². The lowest BCUT2D eigenvalue weighted by atomic mass is 10.1. The van der Waals surface area contributed by atoms with E-state index in [-0.39, 0.29) is 12.7 Å². The Labute approximate surface area is 173 Å². The first kappa shape index (κ1) is 18.1. The van der Waals surface area contributed by atoms with Gasteiger partial charge in [0, 0.05) is 36.1 Å². The highest BCUT2D eigenvalue weighted by molar-refractivity contribution is 6.05. The molecule has 1 amide bonds. The van der Waals surface area contributed by atoms with Crippen molar-refractivity contribution >= 4 is 16.8 Å². The van der Waals surface area contributed by atoms with Crippen LogP contribution >= 0.6 is 0 Å². The highest BCUT2D eigenvalue weighted by Crippen LogP contribution is 2.36. The van der Waals surface area contributed by atoms with Gasteiger partial charge in [0.05, 0.1) is 17.6 Å². The van der Waals surface area contributed by atoms with Crippen LogP contribution in [0.1, 0.15) is 21.5 Å². The van der Waals surface area contributed by atoms with Gasteiger partial charge in [-0.15, -0.1) is 0 Å². The predicted octanol–water partition coefficient (Wildman–Crippen LogP) is 4.20. The Morgan fingerprint density at radius 2 is 1.80 bits per heavy atom. The second-order valence-electron chi connectivity index (χ2n) is 7.05. The SMILES string of the molecule is O=C(c1cccc2cccnc12)N(Cc1cccnc1)Cc1cccc2c1OCO2. The molecule has 0 saturated heterocycles. The minimum atomic E-state index is -0.0975. The lowest BCUT2D eigenvalue weighted by Crippen LogP contribution is -2.30. The van der Waals surface area contributed by atoms with Gasteiger partial charge in [-0.2, -0.15) is 0 Å². The zero-order valence-electron chi connectivity index (χ0n) is 16.2. The van der Waals surface area contributed by atoms with Crippen molar-refractivity contribution in [1.29, 1.82) is 0 Å². The van der Waals surface area contributed by atoms with Gasteiger partial charge < -0.3 is 14.4 Å². The molecule has 0 radical (unpaired) electrons. The van der Waals surface area contributed by atoms with Crippen molar-refractivity contribution in [2.45, 2.75) is 13.1 Å². The molecule has 0 spiro atoms. The molecule has 2 aromatic carbocycles. The van der Waals surface area contributed by atoms with Gasteiger partial charge in [-0.1, -0.05) is 36.4 Å². The molecule has 5 rings (SSSR count). The molecule has 6 nitrogen and oxygen atoms in total. The van der Waals surface area contributed by atoms with Crippen LogP contribution < -0.4 is 9.47 Å². The normalized spacial score (nSPS) is 12.1. The maximum atomic E-state index is 13.7. The predicted molar refractivity (Wildman–Crippen MR) is 112 cm³/mol. The Kier molecular flexibility index (Phi) is 4.73. The molecular weight excluding hydrogens is 378 g/mol. The number of nitrogens with zero attached hydrogens (tertiary/aromatic N) is 3. The van der Waals surface area contributed by atoms with Gasteiger partial charge in [-0.3, -0.25) is 14.8 Å². The number of aromatic nitrogens is 2. The molecule has 30 heavy (non-hydrogen) atoms. The summed E-state index contributed by atoms with van der Waals surface area (Å²) in [6, 6.07) is 19.1. The number of fused-ring (bicyclic) bond motifs is 2. The molecule has 6 heteroatoms. The second-order valence-corrected chi connectivity index (χ2v) is 7.05. The summed E-state index contributed by atoms with van der Waals surface area (Å²) in [6.07, 6.45) is 5.20. The summed E-state index contributed by atoms with van der Waals surface area (Å²) in [6.45, 7) is 0.986. The molecule has 0 N–H and O–H groups in total. The summed E-state index contributed by atoms with van der Waals surface area (Å²) in [5, 5.41) is 0.932. The quantitative estimate of drug-likeness (QED) is 0.505. The van der Waals surface area contributed by atoms with Gasteiger partial charge >= 0.3 is 0 Å². The number of hydrogen-bond donors (Lipinski definition) is 0. The van der Waals surface area contributed by atoms with E-state index in [1.165, 1.54) is 0 Å². The molecule has 148 valence electrons. The summed E-state index contributed by atoms with van der Waals surface area (Å²) in [7, 11) is 0. The Morgan fingerprint density at radius 1 is 0.933 bits per heavy atom. The first-order valence-electron chi connectivity index (χ1n) is 9.69. The third-order valence-electron chi connectivity index (χ3n) is 5.09. The van der Waals surface area contributed by atoms with Crippen LogP contribution in [-0.2, 0) is 13.1 Å². The number of rotatable bonds is 5. The average Bonchev–Trinajstić information content (AvgIpc) is 3.28. The molecule has 4 aromatic rings. The van der Waals surface area contributed by atoms with Crippen molar-refractivity contribution < 1.29 is 14.3 Å².